The van der Waals surface area contributed by atoms with Gasteiger partial charge in [-0.25, -0.2) is 0 Å². The van der Waals surface area contributed by atoms with Gasteiger partial charge in [0, 0.05) is 17.1 Å². The molecule has 0 aliphatic heterocycles. The molecule has 0 bridgehead atoms. The average molecular weight is 212 g/mol. The van der Waals surface area contributed by atoms with Gasteiger partial charge in [-0.05, 0) is 43.7 Å². The van der Waals surface area contributed by atoms with Crippen LogP contribution in [0.4, 0.5) is 17.1 Å². The first-order valence-corrected chi connectivity index (χ1v) is 5.35. The van der Waals surface area contributed by atoms with Crippen LogP contribution in [0.5, 0.6) is 0 Å². The Labute approximate surface area is 96.1 Å². The highest BCUT2D eigenvalue weighted by molar-refractivity contribution is 5.66. The van der Waals surface area contributed by atoms with Crippen LogP contribution in [-0.4, -0.2) is 0 Å². The third kappa shape index (κ3) is 2.34. The van der Waals surface area contributed by atoms with Crippen LogP contribution in [0.25, 0.3) is 0 Å². The van der Waals surface area contributed by atoms with Crippen LogP contribution >= 0.6 is 0 Å². The molecule has 0 aliphatic rings. The maximum absolute atomic E-state index is 5.73. The first kappa shape index (κ1) is 10.6. The number of aryl methyl sites for hydroxylation is 2. The Balaban J connectivity index is 2.27. The number of nitrogens with one attached hydrogen (secondary N) is 1. The zero-order chi connectivity index (χ0) is 11.5. The minimum atomic E-state index is 0.773. The van der Waals surface area contributed by atoms with E-state index in [0.29, 0.717) is 0 Å². The van der Waals surface area contributed by atoms with Crippen molar-refractivity contribution in [2.45, 2.75) is 13.8 Å². The second-order valence-electron chi connectivity index (χ2n) is 4.07. The van der Waals surface area contributed by atoms with E-state index in [1.54, 1.807) is 0 Å². The molecule has 2 aromatic carbocycles. The Morgan fingerprint density at radius 1 is 1.00 bits per heavy atom. The van der Waals surface area contributed by atoms with Crippen LogP contribution < -0.4 is 11.1 Å². The molecule has 82 valence electrons. The molecule has 0 heterocycles. The molecule has 0 fully saturated rings. The van der Waals surface area contributed by atoms with Crippen molar-refractivity contribution in [1.82, 2.24) is 0 Å². The summed E-state index contributed by atoms with van der Waals surface area (Å²) in [6, 6.07) is 14.1. The van der Waals surface area contributed by atoms with Crippen molar-refractivity contribution >= 4 is 17.1 Å². The molecule has 0 saturated carbocycles. The van der Waals surface area contributed by atoms with Crippen LogP contribution in [0.2, 0.25) is 0 Å². The van der Waals surface area contributed by atoms with Crippen LogP contribution in [0.15, 0.2) is 42.5 Å². The van der Waals surface area contributed by atoms with Crippen LogP contribution in [0.3, 0.4) is 0 Å². The van der Waals surface area contributed by atoms with E-state index < -0.39 is 0 Å². The molecular formula is C14H16N2. The number of benzene rings is 2. The Kier molecular flexibility index (Phi) is 2.82. The maximum Gasteiger partial charge on any atom is 0.0414 e. The Morgan fingerprint density at radius 3 is 2.50 bits per heavy atom. The molecule has 3 N–H and O–H groups in total. The third-order valence-electron chi connectivity index (χ3n) is 2.55. The highest BCUT2D eigenvalue weighted by Crippen LogP contribution is 2.22. The standard InChI is InChI=1S/C14H16N2/c1-10-6-7-14(11(2)8-10)16-13-5-3-4-12(15)9-13/h3-9,16H,15H2,1-2H3. The summed E-state index contributed by atoms with van der Waals surface area (Å²) in [6.45, 7) is 4.19. The van der Waals surface area contributed by atoms with Crippen LogP contribution in [0, 0.1) is 13.8 Å². The number of nitrogen functional groups attached to an aromatic ring is 1. The molecule has 2 heteroatoms. The van der Waals surface area contributed by atoms with Gasteiger partial charge in [-0.1, -0.05) is 23.8 Å². The Morgan fingerprint density at radius 2 is 1.81 bits per heavy atom. The molecule has 0 spiro atoms. The van der Waals surface area contributed by atoms with Crippen LogP contribution in [0.1, 0.15) is 11.1 Å². The van der Waals surface area contributed by atoms with Crippen molar-refractivity contribution in [2.24, 2.45) is 0 Å². The van der Waals surface area contributed by atoms with Gasteiger partial charge in [0.05, 0.1) is 0 Å². The van der Waals surface area contributed by atoms with Gasteiger partial charge in [0.2, 0.25) is 0 Å². The van der Waals surface area contributed by atoms with E-state index in [1.165, 1.54) is 11.1 Å². The summed E-state index contributed by atoms with van der Waals surface area (Å²) in [5.41, 5.74) is 11.2. The number of anilines is 3. The van der Waals surface area contributed by atoms with E-state index in [-0.39, 0.29) is 0 Å². The molecule has 0 radical (unpaired) electrons. The van der Waals surface area contributed by atoms with Crippen molar-refractivity contribution in [2.75, 3.05) is 11.1 Å². The fourth-order valence-electron chi connectivity index (χ4n) is 1.73. The Hall–Kier alpha value is -1.96. The highest BCUT2D eigenvalue weighted by atomic mass is 14.9. The van der Waals surface area contributed by atoms with Gasteiger partial charge >= 0.3 is 0 Å². The van der Waals surface area contributed by atoms with Gasteiger partial charge in [0.1, 0.15) is 0 Å². The second-order valence-corrected chi connectivity index (χ2v) is 4.07. The number of hydrogen-bond donors (Lipinski definition) is 2. The summed E-state index contributed by atoms with van der Waals surface area (Å²) in [5.74, 6) is 0. The largest absolute Gasteiger partial charge is 0.399 e. The molecule has 2 nitrogen and oxygen atoms in total. The smallest absolute Gasteiger partial charge is 0.0414 e. The summed E-state index contributed by atoms with van der Waals surface area (Å²) < 4.78 is 0. The van der Waals surface area contributed by atoms with E-state index in [4.69, 9.17) is 5.73 Å². The van der Waals surface area contributed by atoms with Crippen molar-refractivity contribution in [3.05, 3.63) is 53.6 Å². The normalized spacial score (nSPS) is 10.1. The summed E-state index contributed by atoms with van der Waals surface area (Å²) in [5, 5.41) is 3.36. The summed E-state index contributed by atoms with van der Waals surface area (Å²) >= 11 is 0. The SMILES string of the molecule is Cc1ccc(Nc2cccc(N)c2)c(C)c1. The van der Waals surface area contributed by atoms with Gasteiger partial charge in [-0.2, -0.15) is 0 Å². The van der Waals surface area contributed by atoms with Crippen molar-refractivity contribution in [1.29, 1.82) is 0 Å². The topological polar surface area (TPSA) is 38.0 Å². The average Bonchev–Trinajstić information content (AvgIpc) is 2.22. The number of rotatable bonds is 2. The molecule has 16 heavy (non-hydrogen) atoms. The highest BCUT2D eigenvalue weighted by Gasteiger charge is 1.99. The molecule has 0 unspecified atom stereocenters. The molecule has 0 aliphatic carbocycles. The fourth-order valence-corrected chi connectivity index (χ4v) is 1.73. The summed E-state index contributed by atoms with van der Waals surface area (Å²) in [6.07, 6.45) is 0. The first-order valence-electron chi connectivity index (χ1n) is 5.35. The molecule has 2 rings (SSSR count). The van der Waals surface area contributed by atoms with E-state index in [1.807, 2.05) is 24.3 Å². The van der Waals surface area contributed by atoms with Crippen molar-refractivity contribution in [3.63, 3.8) is 0 Å². The van der Waals surface area contributed by atoms with Crippen molar-refractivity contribution in [3.8, 4) is 0 Å². The minimum absolute atomic E-state index is 0.773. The number of hydrogen-bond acceptors (Lipinski definition) is 2. The molecule has 0 amide bonds. The van der Waals surface area contributed by atoms with E-state index in [0.717, 1.165) is 17.1 Å². The predicted molar refractivity (Wildman–Crippen MR) is 70.1 cm³/mol. The van der Waals surface area contributed by atoms with Crippen molar-refractivity contribution < 1.29 is 0 Å². The zero-order valence-electron chi connectivity index (χ0n) is 9.62. The molecule has 0 atom stereocenters. The molecule has 2 aromatic rings. The van der Waals surface area contributed by atoms with E-state index >= 15 is 0 Å². The zero-order valence-corrected chi connectivity index (χ0v) is 9.62. The number of nitrogens with two attached hydrogens (primary N) is 1. The maximum atomic E-state index is 5.73. The predicted octanol–water partition coefficient (Wildman–Crippen LogP) is 3.63. The first-order chi connectivity index (χ1) is 7.65. The Bertz CT molecular complexity index is 504. The minimum Gasteiger partial charge on any atom is -0.399 e. The lowest BCUT2D eigenvalue weighted by Crippen LogP contribution is -1.94. The fraction of sp³-hybridized carbons (Fsp3) is 0.143. The van der Waals surface area contributed by atoms with E-state index in [9.17, 15) is 0 Å². The molecule has 0 saturated heterocycles. The monoisotopic (exact) mass is 212 g/mol. The quantitative estimate of drug-likeness (QED) is 0.746. The lowest BCUT2D eigenvalue weighted by atomic mass is 10.1. The lowest BCUT2D eigenvalue weighted by Gasteiger charge is -2.10. The second kappa shape index (κ2) is 4.27. The molecular weight excluding hydrogens is 196 g/mol. The molecule has 0 aromatic heterocycles. The van der Waals surface area contributed by atoms with E-state index in [2.05, 4.69) is 37.4 Å². The van der Waals surface area contributed by atoms with Crippen LogP contribution in [-0.2, 0) is 0 Å². The summed E-state index contributed by atoms with van der Waals surface area (Å²) in [7, 11) is 0. The van der Waals surface area contributed by atoms with Gasteiger partial charge in [0.25, 0.3) is 0 Å². The third-order valence-corrected chi connectivity index (χ3v) is 2.55. The van der Waals surface area contributed by atoms with Gasteiger partial charge in [-0.15, -0.1) is 0 Å². The lowest BCUT2D eigenvalue weighted by molar-refractivity contribution is 1.37. The van der Waals surface area contributed by atoms with Gasteiger partial charge in [-0.3, -0.25) is 0 Å². The van der Waals surface area contributed by atoms with Gasteiger partial charge in [0.15, 0.2) is 0 Å². The summed E-state index contributed by atoms with van der Waals surface area (Å²) in [4.78, 5) is 0. The van der Waals surface area contributed by atoms with Gasteiger partial charge < -0.3 is 11.1 Å².